The average molecular weight is 340 g/mol. The molecule has 0 atom stereocenters. The molecule has 118 valence electrons. The molecule has 2 aromatic heterocycles. The molecule has 3 aromatic rings. The highest BCUT2D eigenvalue weighted by Gasteiger charge is 2.18. The van der Waals surface area contributed by atoms with Crippen LogP contribution in [0, 0.1) is 34.0 Å². The van der Waals surface area contributed by atoms with Crippen molar-refractivity contribution in [3.05, 3.63) is 63.5 Å². The van der Waals surface area contributed by atoms with Gasteiger partial charge >= 0.3 is 0 Å². The van der Waals surface area contributed by atoms with Crippen LogP contribution in [-0.4, -0.2) is 4.98 Å². The van der Waals surface area contributed by atoms with Gasteiger partial charge in [0.15, 0.2) is 0 Å². The van der Waals surface area contributed by atoms with Crippen LogP contribution >= 0.6 is 11.3 Å². The van der Waals surface area contributed by atoms with Crippen molar-refractivity contribution in [1.29, 1.82) is 15.8 Å². The number of aryl methyl sites for hydroxylation is 1. The molecule has 2 heterocycles. The van der Waals surface area contributed by atoms with Gasteiger partial charge in [0.05, 0.1) is 16.8 Å². The number of rotatable bonds is 3. The average Bonchev–Trinajstić information content (AvgIpc) is 3.05. The van der Waals surface area contributed by atoms with Gasteiger partial charge in [-0.1, -0.05) is 31.2 Å². The molecule has 0 aliphatic heterocycles. The fourth-order valence-electron chi connectivity index (χ4n) is 2.72. The van der Waals surface area contributed by atoms with E-state index in [0.29, 0.717) is 27.3 Å². The van der Waals surface area contributed by atoms with Crippen LogP contribution in [0.5, 0.6) is 0 Å². The van der Waals surface area contributed by atoms with E-state index in [9.17, 15) is 15.8 Å². The summed E-state index contributed by atoms with van der Waals surface area (Å²) in [6, 6.07) is 17.5. The maximum Gasteiger partial charge on any atom is 0.114 e. The van der Waals surface area contributed by atoms with Gasteiger partial charge in [-0.15, -0.1) is 11.3 Å². The zero-order chi connectivity index (χ0) is 17.8. The molecule has 0 unspecified atom stereocenters. The number of hydrogen-bond acceptors (Lipinski definition) is 5. The number of pyridine rings is 1. The molecule has 5 heteroatoms. The smallest absolute Gasteiger partial charge is 0.114 e. The van der Waals surface area contributed by atoms with Gasteiger partial charge in [-0.2, -0.15) is 15.8 Å². The van der Waals surface area contributed by atoms with Crippen molar-refractivity contribution in [3.8, 4) is 40.6 Å². The molecule has 0 spiro atoms. The molecule has 0 aliphatic rings. The molecule has 0 N–H and O–H groups in total. The molecule has 0 bridgehead atoms. The lowest BCUT2D eigenvalue weighted by Crippen LogP contribution is -1.89. The number of nitrogens with zero attached hydrogens (tertiary/aromatic N) is 4. The van der Waals surface area contributed by atoms with E-state index in [2.05, 4.69) is 23.2 Å². The molecule has 3 rings (SSSR count). The quantitative estimate of drug-likeness (QED) is 0.694. The second-order valence-corrected chi connectivity index (χ2v) is 6.38. The minimum absolute atomic E-state index is 0.509. The van der Waals surface area contributed by atoms with Gasteiger partial charge in [-0.3, -0.25) is 4.98 Å². The van der Waals surface area contributed by atoms with Gasteiger partial charge < -0.3 is 0 Å². The topological polar surface area (TPSA) is 84.3 Å². The lowest BCUT2D eigenvalue weighted by atomic mass is 9.98. The Labute approximate surface area is 149 Å². The summed E-state index contributed by atoms with van der Waals surface area (Å²) in [5, 5.41) is 28.1. The largest absolute Gasteiger partial charge is 0.255 e. The van der Waals surface area contributed by atoms with E-state index in [0.717, 1.165) is 22.4 Å². The van der Waals surface area contributed by atoms with Crippen LogP contribution in [0.25, 0.3) is 22.4 Å². The lowest BCUT2D eigenvalue weighted by Gasteiger charge is -2.05. The summed E-state index contributed by atoms with van der Waals surface area (Å²) >= 11 is 1.37. The number of thiophene rings is 1. The van der Waals surface area contributed by atoms with Crippen molar-refractivity contribution in [1.82, 2.24) is 4.98 Å². The third kappa shape index (κ3) is 2.88. The fraction of sp³-hybridized carbons (Fsp3) is 0.100. The molecule has 1 aromatic carbocycles. The first-order valence-electron chi connectivity index (χ1n) is 7.65. The van der Waals surface area contributed by atoms with Crippen LogP contribution in [-0.2, 0) is 6.42 Å². The summed E-state index contributed by atoms with van der Waals surface area (Å²) in [4.78, 5) is 5.76. The summed E-state index contributed by atoms with van der Waals surface area (Å²) in [7, 11) is 0. The molecular formula is C20H12N4S. The molecule has 0 amide bonds. The Morgan fingerprint density at radius 2 is 1.68 bits per heavy atom. The first-order chi connectivity index (χ1) is 12.2. The van der Waals surface area contributed by atoms with Crippen molar-refractivity contribution in [2.24, 2.45) is 0 Å². The number of benzene rings is 1. The Kier molecular flexibility index (Phi) is 4.57. The molecule has 0 saturated carbocycles. The minimum Gasteiger partial charge on any atom is -0.255 e. The molecule has 0 radical (unpaired) electrons. The van der Waals surface area contributed by atoms with Crippen molar-refractivity contribution in [2.75, 3.05) is 0 Å². The Balaban J connectivity index is 2.11. The van der Waals surface area contributed by atoms with Gasteiger partial charge in [-0.05, 0) is 24.1 Å². The lowest BCUT2D eigenvalue weighted by molar-refractivity contribution is 1.18. The molecule has 0 aliphatic carbocycles. The summed E-state index contributed by atoms with van der Waals surface area (Å²) in [5.74, 6) is 0. The highest BCUT2D eigenvalue weighted by atomic mass is 32.1. The zero-order valence-electron chi connectivity index (χ0n) is 13.4. The summed E-state index contributed by atoms with van der Waals surface area (Å²) in [6.07, 6.45) is 2.37. The fourth-order valence-corrected chi connectivity index (χ4v) is 3.73. The van der Waals surface area contributed by atoms with Crippen molar-refractivity contribution in [2.45, 2.75) is 13.3 Å². The molecule has 0 fully saturated rings. The first-order valence-corrected chi connectivity index (χ1v) is 8.46. The molecule has 25 heavy (non-hydrogen) atoms. The van der Waals surface area contributed by atoms with Crippen LogP contribution in [0.3, 0.4) is 0 Å². The highest BCUT2D eigenvalue weighted by Crippen LogP contribution is 2.37. The monoisotopic (exact) mass is 340 g/mol. The van der Waals surface area contributed by atoms with Crippen LogP contribution in [0.15, 0.2) is 42.6 Å². The Bertz CT molecular complexity index is 1060. The second-order valence-electron chi connectivity index (χ2n) is 5.27. The van der Waals surface area contributed by atoms with Gasteiger partial charge in [0.1, 0.15) is 23.1 Å². The normalized spacial score (nSPS) is 9.84. The predicted molar refractivity (Wildman–Crippen MR) is 96.5 cm³/mol. The van der Waals surface area contributed by atoms with Crippen LogP contribution < -0.4 is 0 Å². The zero-order valence-corrected chi connectivity index (χ0v) is 14.3. The van der Waals surface area contributed by atoms with Gasteiger partial charge in [0.2, 0.25) is 0 Å². The van der Waals surface area contributed by atoms with Crippen LogP contribution in [0.1, 0.15) is 27.8 Å². The molecule has 4 nitrogen and oxygen atoms in total. The minimum atomic E-state index is 0.509. The number of hydrogen-bond donors (Lipinski definition) is 0. The van der Waals surface area contributed by atoms with E-state index in [-0.39, 0.29) is 0 Å². The first kappa shape index (κ1) is 16.4. The van der Waals surface area contributed by atoms with E-state index >= 15 is 0 Å². The van der Waals surface area contributed by atoms with Gasteiger partial charge in [0, 0.05) is 22.2 Å². The standard InChI is InChI=1S/C20H12N4S/c1-2-17-16(11-22)19(18(12-23)25-17)13-5-7-14(8-6-13)20-15(10-21)4-3-9-24-20/h3-9H,2H2,1H3. The van der Waals surface area contributed by atoms with Gasteiger partial charge in [0.25, 0.3) is 0 Å². The van der Waals surface area contributed by atoms with E-state index in [4.69, 9.17) is 0 Å². The molecular weight excluding hydrogens is 328 g/mol. The summed E-state index contributed by atoms with van der Waals surface area (Å²) < 4.78 is 0. The second kappa shape index (κ2) is 6.97. The third-order valence-electron chi connectivity index (χ3n) is 3.89. The SMILES string of the molecule is CCc1sc(C#N)c(-c2ccc(-c3ncccc3C#N)cc2)c1C#N. The third-order valence-corrected chi connectivity index (χ3v) is 5.13. The number of nitriles is 3. The maximum atomic E-state index is 9.50. The van der Waals surface area contributed by atoms with Crippen LogP contribution in [0.4, 0.5) is 0 Å². The van der Waals surface area contributed by atoms with E-state index < -0.39 is 0 Å². The summed E-state index contributed by atoms with van der Waals surface area (Å²) in [6.45, 7) is 1.98. The predicted octanol–water partition coefficient (Wildman–Crippen LogP) is 4.65. The van der Waals surface area contributed by atoms with Crippen molar-refractivity contribution < 1.29 is 0 Å². The van der Waals surface area contributed by atoms with E-state index in [1.165, 1.54) is 11.3 Å². The van der Waals surface area contributed by atoms with Crippen molar-refractivity contribution in [3.63, 3.8) is 0 Å². The number of aromatic nitrogens is 1. The summed E-state index contributed by atoms with van der Waals surface area (Å²) in [5.41, 5.74) is 4.05. The highest BCUT2D eigenvalue weighted by molar-refractivity contribution is 7.13. The van der Waals surface area contributed by atoms with Gasteiger partial charge in [-0.25, -0.2) is 0 Å². The van der Waals surface area contributed by atoms with E-state index in [1.807, 2.05) is 31.2 Å². The van der Waals surface area contributed by atoms with Crippen molar-refractivity contribution >= 4 is 11.3 Å². The Morgan fingerprint density at radius 1 is 0.960 bits per heavy atom. The maximum absolute atomic E-state index is 9.50. The van der Waals surface area contributed by atoms with Crippen LogP contribution in [0.2, 0.25) is 0 Å². The molecule has 0 saturated heterocycles. The Hall–Kier alpha value is -3.46. The Morgan fingerprint density at radius 3 is 2.28 bits per heavy atom. The van der Waals surface area contributed by atoms with E-state index in [1.54, 1.807) is 18.3 Å².